The average Bonchev–Trinajstić information content (AvgIpc) is 3.01. The molecular formula is C13H15F3N6. The topological polar surface area (TPSA) is 78.5 Å². The summed E-state index contributed by atoms with van der Waals surface area (Å²) in [4.78, 5) is 7.87. The van der Waals surface area contributed by atoms with Crippen LogP contribution in [0.3, 0.4) is 0 Å². The summed E-state index contributed by atoms with van der Waals surface area (Å²) in [7, 11) is 0. The van der Waals surface area contributed by atoms with Crippen LogP contribution in [-0.4, -0.2) is 39.3 Å². The van der Waals surface area contributed by atoms with Crippen molar-refractivity contribution in [3.05, 3.63) is 24.2 Å². The van der Waals surface area contributed by atoms with E-state index in [2.05, 4.69) is 30.8 Å². The number of H-pyrrole nitrogens is 1. The average molecular weight is 312 g/mol. The Labute approximate surface area is 124 Å². The third-order valence-electron chi connectivity index (χ3n) is 3.54. The van der Waals surface area contributed by atoms with Gasteiger partial charge in [-0.3, -0.25) is 5.10 Å². The highest BCUT2D eigenvalue weighted by molar-refractivity contribution is 5.63. The third-order valence-corrected chi connectivity index (χ3v) is 3.54. The molecule has 6 nitrogen and oxygen atoms in total. The minimum absolute atomic E-state index is 0.162. The fourth-order valence-electron chi connectivity index (χ4n) is 2.41. The Bertz CT molecular complexity index is 619. The highest BCUT2D eigenvalue weighted by Crippen LogP contribution is 2.35. The van der Waals surface area contributed by atoms with Crippen molar-refractivity contribution in [3.63, 3.8) is 0 Å². The summed E-state index contributed by atoms with van der Waals surface area (Å²) in [5, 5.41) is 12.5. The predicted octanol–water partition coefficient (Wildman–Crippen LogP) is 2.05. The van der Waals surface area contributed by atoms with Crippen molar-refractivity contribution in [2.75, 3.05) is 18.4 Å². The van der Waals surface area contributed by atoms with Gasteiger partial charge in [0.15, 0.2) is 0 Å². The van der Waals surface area contributed by atoms with Gasteiger partial charge in [0, 0.05) is 24.0 Å². The molecule has 1 saturated heterocycles. The van der Waals surface area contributed by atoms with E-state index < -0.39 is 11.7 Å². The van der Waals surface area contributed by atoms with Gasteiger partial charge in [-0.05, 0) is 25.9 Å². The first-order valence-corrected chi connectivity index (χ1v) is 6.94. The molecule has 0 amide bonds. The van der Waals surface area contributed by atoms with Crippen LogP contribution in [0.1, 0.15) is 18.4 Å². The van der Waals surface area contributed by atoms with Crippen LogP contribution in [0.4, 0.5) is 19.1 Å². The van der Waals surface area contributed by atoms with Crippen molar-refractivity contribution < 1.29 is 13.2 Å². The lowest BCUT2D eigenvalue weighted by Crippen LogP contribution is -2.35. The first-order valence-electron chi connectivity index (χ1n) is 6.94. The van der Waals surface area contributed by atoms with Gasteiger partial charge in [0.05, 0.1) is 11.9 Å². The van der Waals surface area contributed by atoms with Crippen LogP contribution >= 0.6 is 0 Å². The molecule has 3 heterocycles. The number of aromatic amines is 1. The maximum atomic E-state index is 13.1. The highest BCUT2D eigenvalue weighted by Gasteiger charge is 2.35. The zero-order chi connectivity index (χ0) is 15.6. The van der Waals surface area contributed by atoms with Gasteiger partial charge in [-0.1, -0.05) is 0 Å². The van der Waals surface area contributed by atoms with Crippen LogP contribution in [-0.2, 0) is 6.18 Å². The van der Waals surface area contributed by atoms with Crippen LogP contribution < -0.4 is 10.6 Å². The lowest BCUT2D eigenvalue weighted by atomic mass is 10.1. The summed E-state index contributed by atoms with van der Waals surface area (Å²) in [5.41, 5.74) is -0.763. The Balaban J connectivity index is 1.92. The molecule has 0 atom stereocenters. The number of piperidine rings is 1. The van der Waals surface area contributed by atoms with Crippen LogP contribution in [0.2, 0.25) is 0 Å². The Hall–Kier alpha value is -2.16. The minimum atomic E-state index is -4.51. The molecule has 1 fully saturated rings. The van der Waals surface area contributed by atoms with Crippen LogP contribution in [0, 0.1) is 0 Å². The van der Waals surface area contributed by atoms with E-state index in [9.17, 15) is 13.2 Å². The maximum absolute atomic E-state index is 13.1. The zero-order valence-electron chi connectivity index (χ0n) is 11.6. The molecule has 3 rings (SSSR count). The molecule has 0 bridgehead atoms. The number of nitrogens with zero attached hydrogens (tertiary/aromatic N) is 3. The molecule has 0 aliphatic carbocycles. The second-order valence-corrected chi connectivity index (χ2v) is 5.11. The number of nitrogens with one attached hydrogen (secondary N) is 3. The summed E-state index contributed by atoms with van der Waals surface area (Å²) in [6.07, 6.45) is 0.757. The molecule has 0 spiro atoms. The lowest BCUT2D eigenvalue weighted by molar-refractivity contribution is -0.137. The van der Waals surface area contributed by atoms with Crippen molar-refractivity contribution in [2.24, 2.45) is 0 Å². The molecule has 0 saturated carbocycles. The molecular weight excluding hydrogens is 297 g/mol. The summed E-state index contributed by atoms with van der Waals surface area (Å²) in [5.74, 6) is 0.205. The molecule has 0 unspecified atom stereocenters. The molecule has 2 aromatic heterocycles. The van der Waals surface area contributed by atoms with Gasteiger partial charge < -0.3 is 10.6 Å². The molecule has 1 aliphatic rings. The van der Waals surface area contributed by atoms with E-state index in [1.54, 1.807) is 0 Å². The van der Waals surface area contributed by atoms with E-state index in [0.717, 1.165) is 32.1 Å². The number of aromatic nitrogens is 4. The van der Waals surface area contributed by atoms with E-state index in [-0.39, 0.29) is 23.2 Å². The fraction of sp³-hybridized carbons (Fsp3) is 0.462. The van der Waals surface area contributed by atoms with Gasteiger partial charge in [-0.15, -0.1) is 0 Å². The van der Waals surface area contributed by atoms with E-state index >= 15 is 0 Å². The SMILES string of the molecule is FC(F)(F)c1cnc(NC2CCNCC2)nc1-c1cn[nH]c1. The Morgan fingerprint density at radius 1 is 1.18 bits per heavy atom. The number of halogens is 3. The van der Waals surface area contributed by atoms with E-state index in [1.165, 1.54) is 12.4 Å². The van der Waals surface area contributed by atoms with Crippen molar-refractivity contribution in [1.82, 2.24) is 25.5 Å². The first-order chi connectivity index (χ1) is 10.5. The van der Waals surface area contributed by atoms with Crippen molar-refractivity contribution in [2.45, 2.75) is 25.1 Å². The minimum Gasteiger partial charge on any atom is -0.351 e. The van der Waals surface area contributed by atoms with E-state index in [0.29, 0.717) is 0 Å². The number of alkyl halides is 3. The first kappa shape index (κ1) is 14.8. The van der Waals surface area contributed by atoms with Crippen LogP contribution in [0.25, 0.3) is 11.3 Å². The Morgan fingerprint density at radius 2 is 1.95 bits per heavy atom. The Kier molecular flexibility index (Phi) is 3.97. The van der Waals surface area contributed by atoms with E-state index in [4.69, 9.17) is 0 Å². The Morgan fingerprint density at radius 3 is 2.59 bits per heavy atom. The molecule has 2 aromatic rings. The second kappa shape index (κ2) is 5.91. The van der Waals surface area contributed by atoms with Crippen LogP contribution in [0.15, 0.2) is 18.6 Å². The number of hydrogen-bond acceptors (Lipinski definition) is 5. The van der Waals surface area contributed by atoms with Gasteiger partial charge in [0.25, 0.3) is 0 Å². The highest BCUT2D eigenvalue weighted by atomic mass is 19.4. The van der Waals surface area contributed by atoms with Gasteiger partial charge >= 0.3 is 6.18 Å². The van der Waals surface area contributed by atoms with Crippen molar-refractivity contribution in [1.29, 1.82) is 0 Å². The monoisotopic (exact) mass is 312 g/mol. The number of rotatable bonds is 3. The van der Waals surface area contributed by atoms with Gasteiger partial charge in [0.1, 0.15) is 5.56 Å². The maximum Gasteiger partial charge on any atom is 0.419 e. The summed E-state index contributed by atoms with van der Waals surface area (Å²) >= 11 is 0. The fourth-order valence-corrected chi connectivity index (χ4v) is 2.41. The van der Waals surface area contributed by atoms with Gasteiger partial charge in [0.2, 0.25) is 5.95 Å². The molecule has 118 valence electrons. The number of anilines is 1. The normalized spacial score (nSPS) is 16.7. The van der Waals surface area contributed by atoms with Crippen LogP contribution in [0.5, 0.6) is 0 Å². The largest absolute Gasteiger partial charge is 0.419 e. The third kappa shape index (κ3) is 3.19. The standard InChI is InChI=1S/C13H15F3N6/c14-13(15,16)10-7-18-12(21-9-1-3-17-4-2-9)22-11(10)8-5-19-20-6-8/h5-7,9,17H,1-4H2,(H,19,20)(H,18,21,22). The molecule has 3 N–H and O–H groups in total. The predicted molar refractivity (Wildman–Crippen MR) is 74.1 cm³/mol. The number of hydrogen-bond donors (Lipinski definition) is 3. The van der Waals surface area contributed by atoms with Gasteiger partial charge in [-0.25, -0.2) is 9.97 Å². The summed E-state index contributed by atoms with van der Waals surface area (Å²) in [6.45, 7) is 1.74. The van der Waals surface area contributed by atoms with Crippen molar-refractivity contribution >= 4 is 5.95 Å². The second-order valence-electron chi connectivity index (χ2n) is 5.11. The summed E-state index contributed by atoms with van der Waals surface area (Å²) in [6, 6.07) is 0.162. The molecule has 22 heavy (non-hydrogen) atoms. The summed E-state index contributed by atoms with van der Waals surface area (Å²) < 4.78 is 39.3. The quantitative estimate of drug-likeness (QED) is 0.808. The lowest BCUT2D eigenvalue weighted by Gasteiger charge is -2.24. The molecule has 0 radical (unpaired) electrons. The van der Waals surface area contributed by atoms with Crippen molar-refractivity contribution in [3.8, 4) is 11.3 Å². The van der Waals surface area contributed by atoms with E-state index in [1.807, 2.05) is 0 Å². The smallest absolute Gasteiger partial charge is 0.351 e. The van der Waals surface area contributed by atoms with Gasteiger partial charge in [-0.2, -0.15) is 18.3 Å². The molecule has 0 aromatic carbocycles. The molecule has 1 aliphatic heterocycles. The zero-order valence-corrected chi connectivity index (χ0v) is 11.6. The molecule has 9 heteroatoms.